The summed E-state index contributed by atoms with van der Waals surface area (Å²) in [4.78, 5) is 49.0. The molecule has 2 fully saturated rings. The predicted octanol–water partition coefficient (Wildman–Crippen LogP) is 6.22. The van der Waals surface area contributed by atoms with Crippen molar-refractivity contribution in [3.05, 3.63) is 142 Å². The summed E-state index contributed by atoms with van der Waals surface area (Å²) >= 11 is 0. The summed E-state index contributed by atoms with van der Waals surface area (Å²) in [6.07, 6.45) is 2.73. The average Bonchev–Trinajstić information content (AvgIpc) is 3.21. The van der Waals surface area contributed by atoms with E-state index in [1.807, 2.05) is 70.5 Å². The Morgan fingerprint density at radius 2 is 1.34 bits per heavy atom. The van der Waals surface area contributed by atoms with Gasteiger partial charge in [0.05, 0.1) is 11.6 Å². The molecular formula is C47H54N6O3. The van der Waals surface area contributed by atoms with Crippen LogP contribution in [0.3, 0.4) is 0 Å². The highest BCUT2D eigenvalue weighted by molar-refractivity contribution is 6.01. The Hall–Kier alpha value is -5.72. The van der Waals surface area contributed by atoms with Gasteiger partial charge in [0.1, 0.15) is 6.04 Å². The molecule has 0 bridgehead atoms. The van der Waals surface area contributed by atoms with E-state index >= 15 is 0 Å². The highest BCUT2D eigenvalue weighted by Crippen LogP contribution is 2.24. The number of nitriles is 1. The number of piperazine rings is 2. The number of nitrogens with one attached hydrogen (secondary N) is 1. The number of carbonyl (C=O) groups excluding carboxylic acids is 3. The third kappa shape index (κ3) is 10.7. The van der Waals surface area contributed by atoms with Gasteiger partial charge in [-0.05, 0) is 63.6 Å². The molecule has 4 aromatic carbocycles. The summed E-state index contributed by atoms with van der Waals surface area (Å²) in [6, 6.07) is 35.6. The summed E-state index contributed by atoms with van der Waals surface area (Å²) in [6.45, 7) is 14.4. The largest absolute Gasteiger partial charge is 0.368 e. The van der Waals surface area contributed by atoms with Crippen molar-refractivity contribution in [3.8, 4) is 6.07 Å². The van der Waals surface area contributed by atoms with Crippen LogP contribution < -0.4 is 10.2 Å². The van der Waals surface area contributed by atoms with Crippen molar-refractivity contribution in [1.29, 1.82) is 5.26 Å². The minimum Gasteiger partial charge on any atom is -0.368 e. The number of amides is 3. The van der Waals surface area contributed by atoms with Crippen molar-refractivity contribution >= 4 is 29.5 Å². The van der Waals surface area contributed by atoms with Crippen molar-refractivity contribution in [2.75, 3.05) is 57.3 Å². The van der Waals surface area contributed by atoms with Crippen LogP contribution in [0, 0.1) is 11.3 Å². The van der Waals surface area contributed by atoms with Crippen molar-refractivity contribution in [1.82, 2.24) is 20.0 Å². The van der Waals surface area contributed by atoms with Gasteiger partial charge in [0.15, 0.2) is 0 Å². The van der Waals surface area contributed by atoms with Crippen molar-refractivity contribution in [2.45, 2.75) is 58.5 Å². The van der Waals surface area contributed by atoms with Gasteiger partial charge in [-0.2, -0.15) is 5.26 Å². The molecule has 290 valence electrons. The van der Waals surface area contributed by atoms with Crippen molar-refractivity contribution < 1.29 is 14.4 Å². The van der Waals surface area contributed by atoms with Crippen molar-refractivity contribution in [2.24, 2.45) is 0 Å². The molecule has 1 atom stereocenters. The zero-order valence-electron chi connectivity index (χ0n) is 33.2. The second-order valence-corrected chi connectivity index (χ2v) is 16.0. The first-order valence-corrected chi connectivity index (χ1v) is 19.7. The number of rotatable bonds is 11. The number of nitrogens with zero attached hydrogens (tertiary/aromatic N) is 5. The summed E-state index contributed by atoms with van der Waals surface area (Å²) in [5.74, 6) is -0.233. The van der Waals surface area contributed by atoms with Gasteiger partial charge >= 0.3 is 0 Å². The number of anilines is 1. The third-order valence-electron chi connectivity index (χ3n) is 10.9. The van der Waals surface area contributed by atoms with E-state index in [1.54, 1.807) is 6.92 Å². The van der Waals surface area contributed by atoms with Crippen LogP contribution in [0.2, 0.25) is 0 Å². The van der Waals surface area contributed by atoms with Gasteiger partial charge in [0, 0.05) is 89.9 Å². The maximum atomic E-state index is 14.4. The number of hydrogen-bond acceptors (Lipinski definition) is 6. The lowest BCUT2D eigenvalue weighted by atomic mass is 9.86. The zero-order chi connectivity index (χ0) is 39.7. The molecule has 6 rings (SSSR count). The summed E-state index contributed by atoms with van der Waals surface area (Å²) in [5, 5.41) is 12.3. The van der Waals surface area contributed by atoms with E-state index in [-0.39, 0.29) is 23.1 Å². The minimum absolute atomic E-state index is 0.00302. The Labute approximate surface area is 332 Å². The smallest absolute Gasteiger partial charge is 0.248 e. The van der Waals surface area contributed by atoms with E-state index in [0.29, 0.717) is 50.2 Å². The van der Waals surface area contributed by atoms with Gasteiger partial charge in [0.25, 0.3) is 0 Å². The molecule has 0 radical (unpaired) electrons. The van der Waals surface area contributed by atoms with Gasteiger partial charge in [-0.25, -0.2) is 0 Å². The van der Waals surface area contributed by atoms with Crippen LogP contribution in [0.25, 0.3) is 6.08 Å². The average molecular weight is 751 g/mol. The van der Waals surface area contributed by atoms with Gasteiger partial charge < -0.3 is 20.0 Å². The van der Waals surface area contributed by atoms with E-state index < -0.39 is 6.04 Å². The summed E-state index contributed by atoms with van der Waals surface area (Å²) < 4.78 is 0. The number of carbonyl (C=O) groups is 3. The molecule has 3 amide bonds. The standard InChI is InChI=1S/C47H54N6O3/c1-35(54)51-26-28-52(29-27-51)43-20-16-38(17-21-43)31-41(30-37-14-18-42(19-15-37)47(2,3)4)45(55)49-44(32-36-8-6-5-7-9-36)46(56)53-24-22-50(23-25-53)34-40-12-10-39(33-48)11-13-40/h5-21,30,44H,22-29,31-32,34H2,1-4H3,(H,49,55). The monoisotopic (exact) mass is 750 g/mol. The third-order valence-corrected chi connectivity index (χ3v) is 10.9. The molecule has 0 spiro atoms. The Morgan fingerprint density at radius 3 is 1.93 bits per heavy atom. The molecule has 56 heavy (non-hydrogen) atoms. The fourth-order valence-corrected chi connectivity index (χ4v) is 7.39. The first-order valence-electron chi connectivity index (χ1n) is 19.7. The maximum Gasteiger partial charge on any atom is 0.248 e. The number of benzene rings is 4. The molecule has 0 aliphatic carbocycles. The quantitative estimate of drug-likeness (QED) is 0.183. The normalized spacial score (nSPS) is 15.9. The Balaban J connectivity index is 1.19. The van der Waals surface area contributed by atoms with Crippen LogP contribution in [0.4, 0.5) is 5.69 Å². The van der Waals surface area contributed by atoms with E-state index in [9.17, 15) is 14.4 Å². The topological polar surface area (TPSA) is 100.0 Å². The number of hydrogen-bond donors (Lipinski definition) is 1. The molecule has 1 unspecified atom stereocenters. The predicted molar refractivity (Wildman–Crippen MR) is 223 cm³/mol. The van der Waals surface area contributed by atoms with Crippen LogP contribution in [0.5, 0.6) is 0 Å². The van der Waals surface area contributed by atoms with Crippen LogP contribution in [0.15, 0.2) is 109 Å². The summed E-state index contributed by atoms with van der Waals surface area (Å²) in [7, 11) is 0. The van der Waals surface area contributed by atoms with E-state index in [2.05, 4.69) is 90.5 Å². The van der Waals surface area contributed by atoms with Crippen LogP contribution in [-0.2, 0) is 39.2 Å². The molecule has 2 saturated heterocycles. The Morgan fingerprint density at radius 1 is 0.732 bits per heavy atom. The molecule has 2 heterocycles. The Kier molecular flexibility index (Phi) is 13.0. The lowest BCUT2D eigenvalue weighted by Gasteiger charge is -2.36. The van der Waals surface area contributed by atoms with E-state index in [0.717, 1.165) is 60.7 Å². The van der Waals surface area contributed by atoms with Crippen LogP contribution in [0.1, 0.15) is 61.1 Å². The molecule has 1 N–H and O–H groups in total. The fraction of sp³-hybridized carbons (Fsp3) is 0.362. The molecule has 4 aromatic rings. The van der Waals surface area contributed by atoms with Gasteiger partial charge in [-0.15, -0.1) is 0 Å². The maximum absolute atomic E-state index is 14.4. The highest BCUT2D eigenvalue weighted by atomic mass is 16.2. The highest BCUT2D eigenvalue weighted by Gasteiger charge is 2.30. The van der Waals surface area contributed by atoms with Gasteiger partial charge in [-0.1, -0.05) is 99.6 Å². The van der Waals surface area contributed by atoms with Gasteiger partial charge in [-0.3, -0.25) is 19.3 Å². The minimum atomic E-state index is -0.738. The Bertz CT molecular complexity index is 2010. The second-order valence-electron chi connectivity index (χ2n) is 16.0. The van der Waals surface area contributed by atoms with E-state index in [1.165, 1.54) is 5.56 Å². The molecule has 9 nitrogen and oxygen atoms in total. The first-order chi connectivity index (χ1) is 26.9. The zero-order valence-corrected chi connectivity index (χ0v) is 33.2. The lowest BCUT2D eigenvalue weighted by Crippen LogP contribution is -2.55. The second kappa shape index (κ2) is 18.3. The van der Waals surface area contributed by atoms with Gasteiger partial charge in [0.2, 0.25) is 17.7 Å². The first kappa shape index (κ1) is 40.0. The lowest BCUT2D eigenvalue weighted by molar-refractivity contribution is -0.137. The molecule has 2 aliphatic rings. The molecular weight excluding hydrogens is 697 g/mol. The fourth-order valence-electron chi connectivity index (χ4n) is 7.39. The van der Waals surface area contributed by atoms with Crippen molar-refractivity contribution in [3.63, 3.8) is 0 Å². The molecule has 2 aliphatic heterocycles. The molecule has 9 heteroatoms. The molecule has 0 saturated carbocycles. The molecule has 0 aromatic heterocycles. The van der Waals surface area contributed by atoms with Crippen LogP contribution in [-0.4, -0.2) is 90.8 Å². The van der Waals surface area contributed by atoms with E-state index in [4.69, 9.17) is 5.26 Å². The van der Waals surface area contributed by atoms with Crippen LogP contribution >= 0.6 is 0 Å². The summed E-state index contributed by atoms with van der Waals surface area (Å²) in [5.41, 5.74) is 7.56. The SMILES string of the molecule is CC(=O)N1CCN(c2ccc(CC(=Cc3ccc(C(C)(C)C)cc3)C(=O)NC(Cc3ccccc3)C(=O)N3CCN(Cc4ccc(C#N)cc4)CC3)cc2)CC1.